The lowest BCUT2D eigenvalue weighted by Crippen LogP contribution is -2.42. The molecule has 0 saturated heterocycles. The molecule has 0 aliphatic rings. The quantitative estimate of drug-likeness (QED) is 0.871. The van der Waals surface area contributed by atoms with Crippen LogP contribution in [0.5, 0.6) is 0 Å². The van der Waals surface area contributed by atoms with Gasteiger partial charge < -0.3 is 10.5 Å². The molecule has 4 heteroatoms. The first kappa shape index (κ1) is 15.6. The summed E-state index contributed by atoms with van der Waals surface area (Å²) in [7, 11) is 0. The van der Waals surface area contributed by atoms with E-state index in [9.17, 15) is 4.39 Å². The van der Waals surface area contributed by atoms with Gasteiger partial charge in [-0.25, -0.2) is 4.39 Å². The van der Waals surface area contributed by atoms with Gasteiger partial charge in [-0.15, -0.1) is 0 Å². The molecular formula is C14H21BrFNO. The molecule has 0 radical (unpaired) electrons. The fraction of sp³-hybridized carbons (Fsp3) is 0.571. The predicted octanol–water partition coefficient (Wildman–Crippen LogP) is 3.52. The van der Waals surface area contributed by atoms with E-state index < -0.39 is 0 Å². The monoisotopic (exact) mass is 317 g/mol. The average Bonchev–Trinajstić information content (AvgIpc) is 2.29. The minimum atomic E-state index is -0.223. The second kappa shape index (κ2) is 7.22. The summed E-state index contributed by atoms with van der Waals surface area (Å²) in [6.45, 7) is 6.71. The third-order valence-corrected chi connectivity index (χ3v) is 3.40. The molecule has 0 saturated carbocycles. The molecule has 0 amide bonds. The highest BCUT2D eigenvalue weighted by molar-refractivity contribution is 9.10. The van der Waals surface area contributed by atoms with Crippen molar-refractivity contribution in [1.82, 2.24) is 0 Å². The molecule has 0 aromatic heterocycles. The van der Waals surface area contributed by atoms with Crippen molar-refractivity contribution in [3.63, 3.8) is 0 Å². The van der Waals surface area contributed by atoms with Crippen LogP contribution in [-0.4, -0.2) is 18.8 Å². The van der Waals surface area contributed by atoms with Crippen LogP contribution in [0.25, 0.3) is 0 Å². The first-order valence-corrected chi connectivity index (χ1v) is 7.06. The molecule has 0 aliphatic heterocycles. The summed E-state index contributed by atoms with van der Waals surface area (Å²) in [6, 6.07) is 4.87. The van der Waals surface area contributed by atoms with Gasteiger partial charge in [0.1, 0.15) is 5.82 Å². The Morgan fingerprint density at radius 3 is 2.56 bits per heavy atom. The SMILES string of the molecule is CCOC(C(C)C)C(N)Cc1ccc(Br)cc1F. The molecule has 2 unspecified atom stereocenters. The predicted molar refractivity (Wildman–Crippen MR) is 76.0 cm³/mol. The van der Waals surface area contributed by atoms with E-state index in [0.29, 0.717) is 24.5 Å². The standard InChI is InChI=1S/C14H21BrFNO/c1-4-18-14(9(2)3)13(17)7-10-5-6-11(15)8-12(10)16/h5-6,8-9,13-14H,4,7,17H2,1-3H3. The van der Waals surface area contributed by atoms with Crippen LogP contribution in [0.15, 0.2) is 22.7 Å². The van der Waals surface area contributed by atoms with E-state index in [-0.39, 0.29) is 18.0 Å². The van der Waals surface area contributed by atoms with Crippen LogP contribution in [0.3, 0.4) is 0 Å². The zero-order valence-corrected chi connectivity index (χ0v) is 12.7. The average molecular weight is 318 g/mol. The van der Waals surface area contributed by atoms with E-state index in [1.807, 2.05) is 13.0 Å². The Hall–Kier alpha value is -0.450. The highest BCUT2D eigenvalue weighted by Gasteiger charge is 2.22. The Bertz CT molecular complexity index is 384. The second-order valence-electron chi connectivity index (χ2n) is 4.77. The molecule has 0 spiro atoms. The lowest BCUT2D eigenvalue weighted by Gasteiger charge is -2.27. The van der Waals surface area contributed by atoms with Gasteiger partial charge in [0.2, 0.25) is 0 Å². The highest BCUT2D eigenvalue weighted by atomic mass is 79.9. The van der Waals surface area contributed by atoms with Gasteiger partial charge >= 0.3 is 0 Å². The molecular weight excluding hydrogens is 297 g/mol. The number of rotatable bonds is 6. The summed E-state index contributed by atoms with van der Waals surface area (Å²) in [5.41, 5.74) is 6.78. The normalized spacial score (nSPS) is 14.8. The van der Waals surface area contributed by atoms with Crippen LogP contribution in [0.2, 0.25) is 0 Å². The van der Waals surface area contributed by atoms with Gasteiger partial charge in [0.05, 0.1) is 6.10 Å². The van der Waals surface area contributed by atoms with Crippen molar-refractivity contribution in [1.29, 1.82) is 0 Å². The maximum absolute atomic E-state index is 13.7. The molecule has 1 aromatic carbocycles. The molecule has 2 N–H and O–H groups in total. The summed E-state index contributed by atoms with van der Waals surface area (Å²) in [5.74, 6) is 0.0947. The number of hydrogen-bond acceptors (Lipinski definition) is 2. The highest BCUT2D eigenvalue weighted by Crippen LogP contribution is 2.19. The topological polar surface area (TPSA) is 35.2 Å². The van der Waals surface area contributed by atoms with Crippen molar-refractivity contribution >= 4 is 15.9 Å². The number of nitrogens with two attached hydrogens (primary N) is 1. The largest absolute Gasteiger partial charge is 0.377 e. The maximum Gasteiger partial charge on any atom is 0.127 e. The fourth-order valence-electron chi connectivity index (χ4n) is 2.06. The summed E-state index contributed by atoms with van der Waals surface area (Å²) in [6.07, 6.45) is 0.445. The van der Waals surface area contributed by atoms with Gasteiger partial charge in [0, 0.05) is 17.1 Å². The number of hydrogen-bond donors (Lipinski definition) is 1. The van der Waals surface area contributed by atoms with E-state index in [0.717, 1.165) is 4.47 Å². The minimum absolute atomic E-state index is 0.0435. The third kappa shape index (κ3) is 4.34. The van der Waals surface area contributed by atoms with Gasteiger partial charge in [0.15, 0.2) is 0 Å². The summed E-state index contributed by atoms with van der Waals surface area (Å²) < 4.78 is 20.1. The van der Waals surface area contributed by atoms with Crippen molar-refractivity contribution in [3.8, 4) is 0 Å². The molecule has 0 bridgehead atoms. The molecule has 0 aliphatic carbocycles. The molecule has 102 valence electrons. The third-order valence-electron chi connectivity index (χ3n) is 2.91. The molecule has 1 rings (SSSR count). The summed E-state index contributed by atoms with van der Waals surface area (Å²) in [5, 5.41) is 0. The van der Waals surface area contributed by atoms with Crippen LogP contribution in [0.1, 0.15) is 26.3 Å². The van der Waals surface area contributed by atoms with Crippen LogP contribution in [-0.2, 0) is 11.2 Å². The van der Waals surface area contributed by atoms with Gasteiger partial charge in [-0.3, -0.25) is 0 Å². The van der Waals surface area contributed by atoms with Crippen molar-refractivity contribution in [2.45, 2.75) is 39.3 Å². The lowest BCUT2D eigenvalue weighted by atomic mass is 9.94. The molecule has 0 fully saturated rings. The zero-order chi connectivity index (χ0) is 13.7. The van der Waals surface area contributed by atoms with Crippen molar-refractivity contribution in [2.75, 3.05) is 6.61 Å². The van der Waals surface area contributed by atoms with Gasteiger partial charge in [-0.05, 0) is 37.0 Å². The summed E-state index contributed by atoms with van der Waals surface area (Å²) >= 11 is 3.24. The van der Waals surface area contributed by atoms with E-state index in [2.05, 4.69) is 29.8 Å². The first-order chi connectivity index (χ1) is 8.45. The van der Waals surface area contributed by atoms with E-state index in [4.69, 9.17) is 10.5 Å². The minimum Gasteiger partial charge on any atom is -0.377 e. The molecule has 18 heavy (non-hydrogen) atoms. The van der Waals surface area contributed by atoms with Gasteiger partial charge in [0.25, 0.3) is 0 Å². The fourth-order valence-corrected chi connectivity index (χ4v) is 2.39. The Morgan fingerprint density at radius 1 is 1.39 bits per heavy atom. The van der Waals surface area contributed by atoms with Crippen molar-refractivity contribution < 1.29 is 9.13 Å². The smallest absolute Gasteiger partial charge is 0.127 e. The Balaban J connectivity index is 2.75. The Kier molecular flexibility index (Phi) is 6.26. The number of benzene rings is 1. The molecule has 0 heterocycles. The Morgan fingerprint density at radius 2 is 2.06 bits per heavy atom. The molecule has 1 aromatic rings. The van der Waals surface area contributed by atoms with Crippen LogP contribution >= 0.6 is 15.9 Å². The summed E-state index contributed by atoms with van der Waals surface area (Å²) in [4.78, 5) is 0. The Labute approximate surface area is 117 Å². The van der Waals surface area contributed by atoms with E-state index in [1.54, 1.807) is 6.07 Å². The van der Waals surface area contributed by atoms with Crippen molar-refractivity contribution in [2.24, 2.45) is 11.7 Å². The molecule has 2 nitrogen and oxygen atoms in total. The maximum atomic E-state index is 13.7. The number of halogens is 2. The van der Waals surface area contributed by atoms with E-state index in [1.165, 1.54) is 6.07 Å². The van der Waals surface area contributed by atoms with Crippen molar-refractivity contribution in [3.05, 3.63) is 34.1 Å². The van der Waals surface area contributed by atoms with Gasteiger partial charge in [-0.2, -0.15) is 0 Å². The van der Waals surface area contributed by atoms with Crippen LogP contribution < -0.4 is 5.73 Å². The first-order valence-electron chi connectivity index (χ1n) is 6.26. The number of ether oxygens (including phenoxy) is 1. The zero-order valence-electron chi connectivity index (χ0n) is 11.1. The molecule has 2 atom stereocenters. The van der Waals surface area contributed by atoms with E-state index >= 15 is 0 Å². The van der Waals surface area contributed by atoms with Crippen LogP contribution in [0.4, 0.5) is 4.39 Å². The van der Waals surface area contributed by atoms with Gasteiger partial charge in [-0.1, -0.05) is 35.8 Å². The lowest BCUT2D eigenvalue weighted by molar-refractivity contribution is 0.0126. The second-order valence-corrected chi connectivity index (χ2v) is 5.68. The van der Waals surface area contributed by atoms with Crippen LogP contribution in [0, 0.1) is 11.7 Å².